The zero-order valence-electron chi connectivity index (χ0n) is 6.79. The van der Waals surface area contributed by atoms with E-state index in [0.29, 0.717) is 0 Å². The third-order valence-corrected chi connectivity index (χ3v) is 0.979. The molecule has 0 N–H and O–H groups in total. The molecule has 0 atom stereocenters. The third-order valence-electron chi connectivity index (χ3n) is 0.979. The van der Waals surface area contributed by atoms with Crippen LogP contribution in [0.4, 0.5) is 0 Å². The monoisotopic (exact) mass is 116 g/mol. The Morgan fingerprint density at radius 3 is 2.11 bits per heavy atom. The second-order valence-electron chi connectivity index (χ2n) is 1.52. The minimum absolute atomic E-state index is 0. The van der Waals surface area contributed by atoms with Gasteiger partial charge >= 0.3 is 18.9 Å². The Bertz CT molecular complexity index is 155. The average molecular weight is 116 g/mol. The van der Waals surface area contributed by atoms with Crippen LogP contribution in [-0.2, 0) is 0 Å². The molecule has 2 heteroatoms. The van der Waals surface area contributed by atoms with Crippen LogP contribution in [0.2, 0.25) is 0 Å². The van der Waals surface area contributed by atoms with Crippen molar-refractivity contribution in [2.45, 2.75) is 0 Å². The predicted octanol–water partition coefficient (Wildman–Crippen LogP) is -1.19. The van der Waals surface area contributed by atoms with E-state index in [1.165, 1.54) is 0 Å². The summed E-state index contributed by atoms with van der Waals surface area (Å²) in [6.45, 7) is 0. The molecule has 0 saturated carbocycles. The van der Waals surface area contributed by atoms with Crippen LogP contribution in [0.15, 0.2) is 30.3 Å². The molecule has 44 valence electrons. The summed E-state index contributed by atoms with van der Waals surface area (Å²) in [5.41, 5.74) is 0. The Balaban J connectivity index is 0. The van der Waals surface area contributed by atoms with Crippen molar-refractivity contribution < 1.29 is 25.0 Å². The van der Waals surface area contributed by atoms with E-state index < -0.39 is 0 Å². The van der Waals surface area contributed by atoms with Crippen LogP contribution in [0.5, 0.6) is 5.75 Å². The molecule has 0 unspecified atom stereocenters. The largest absolute Gasteiger partial charge is 1.00 e. The van der Waals surface area contributed by atoms with Crippen LogP contribution in [0.1, 0.15) is 1.43 Å². The van der Waals surface area contributed by atoms with Gasteiger partial charge in [-0.2, -0.15) is 0 Å². The summed E-state index contributed by atoms with van der Waals surface area (Å²) < 4.78 is 4.91. The number of hydrogen-bond donors (Lipinski definition) is 0. The first-order valence-corrected chi connectivity index (χ1v) is 2.52. The van der Waals surface area contributed by atoms with Gasteiger partial charge < -0.3 is 6.16 Å². The smallest absolute Gasteiger partial charge is 1.00 e. The van der Waals surface area contributed by atoms with Gasteiger partial charge in [-0.15, -0.1) is 0 Å². The van der Waals surface area contributed by atoms with Crippen molar-refractivity contribution in [1.29, 1.82) is 0 Å². The molecule has 0 heterocycles. The Labute approximate surface area is 68.7 Å². The van der Waals surface area contributed by atoms with Gasteiger partial charge in [0.2, 0.25) is 0 Å². The molecule has 1 aromatic rings. The molecule has 0 spiro atoms. The summed E-state index contributed by atoms with van der Waals surface area (Å²) in [4.78, 5) is 0. The third kappa shape index (κ3) is 2.60. The molecule has 0 aliphatic heterocycles. The summed E-state index contributed by atoms with van der Waals surface area (Å²) in [5.74, 6) is 0.910. The van der Waals surface area contributed by atoms with Gasteiger partial charge in [-0.3, -0.25) is 0 Å². The van der Waals surface area contributed by atoms with Crippen molar-refractivity contribution >= 4 is 0 Å². The fourth-order valence-electron chi connectivity index (χ4n) is 0.557. The number of rotatable bonds is 1. The Kier molecular flexibility index (Phi) is 4.30. The quantitative estimate of drug-likeness (QED) is 0.419. The van der Waals surface area contributed by atoms with Crippen LogP contribution in [0, 0.1) is 0 Å². The molecule has 0 saturated heterocycles. The molecule has 0 bridgehead atoms. The average Bonchev–Trinajstić information content (AvgIpc) is 1.90. The van der Waals surface area contributed by atoms with Gasteiger partial charge in [0.1, 0.15) is 5.75 Å². The van der Waals surface area contributed by atoms with Gasteiger partial charge in [-0.25, -0.2) is 0 Å². The normalized spacial score (nSPS) is 7.67. The van der Waals surface area contributed by atoms with Crippen molar-refractivity contribution in [3.63, 3.8) is 0 Å². The molecule has 0 aromatic heterocycles. The van der Waals surface area contributed by atoms with Crippen LogP contribution >= 0.6 is 0 Å². The number of ether oxygens (including phenoxy) is 1. The minimum Gasteiger partial charge on any atom is -1.00 e. The SMILES string of the molecule is COc1ccccc1.[H-].[Li+]. The molecule has 0 aliphatic rings. The van der Waals surface area contributed by atoms with Crippen LogP contribution in [-0.4, -0.2) is 7.11 Å². The first kappa shape index (κ1) is 8.62. The maximum absolute atomic E-state index is 4.91. The fraction of sp³-hybridized carbons (Fsp3) is 0.143. The summed E-state index contributed by atoms with van der Waals surface area (Å²) in [6, 6.07) is 9.68. The van der Waals surface area contributed by atoms with E-state index >= 15 is 0 Å². The van der Waals surface area contributed by atoms with E-state index in [9.17, 15) is 0 Å². The van der Waals surface area contributed by atoms with Gasteiger partial charge in [0.25, 0.3) is 0 Å². The van der Waals surface area contributed by atoms with Crippen molar-refractivity contribution in [2.24, 2.45) is 0 Å². The van der Waals surface area contributed by atoms with E-state index in [2.05, 4.69) is 0 Å². The molecule has 9 heavy (non-hydrogen) atoms. The summed E-state index contributed by atoms with van der Waals surface area (Å²) in [6.07, 6.45) is 0. The van der Waals surface area contributed by atoms with E-state index in [4.69, 9.17) is 4.74 Å². The van der Waals surface area contributed by atoms with Crippen LogP contribution < -0.4 is 23.6 Å². The van der Waals surface area contributed by atoms with E-state index in [0.717, 1.165) is 5.75 Å². The predicted molar refractivity (Wildman–Crippen MR) is 34.1 cm³/mol. The maximum atomic E-state index is 4.91. The number of benzene rings is 1. The number of methoxy groups -OCH3 is 1. The molecule has 0 aliphatic carbocycles. The topological polar surface area (TPSA) is 9.23 Å². The van der Waals surface area contributed by atoms with Crippen LogP contribution in [0.25, 0.3) is 0 Å². The standard InChI is InChI=1S/C7H8O.Li.H/c1-8-7-5-3-2-4-6-7;;/h2-6H,1H3;;/q;+1;-1. The Morgan fingerprint density at radius 2 is 1.78 bits per heavy atom. The summed E-state index contributed by atoms with van der Waals surface area (Å²) in [5, 5.41) is 0. The number of hydrogen-bond acceptors (Lipinski definition) is 1. The van der Waals surface area contributed by atoms with E-state index in [1.54, 1.807) is 7.11 Å². The Morgan fingerprint density at radius 1 is 1.22 bits per heavy atom. The molecule has 0 amide bonds. The minimum atomic E-state index is 0. The van der Waals surface area contributed by atoms with Crippen molar-refractivity contribution in [3.8, 4) is 5.75 Å². The zero-order chi connectivity index (χ0) is 5.82. The molecular weight excluding hydrogens is 107 g/mol. The Hall–Kier alpha value is -0.383. The van der Waals surface area contributed by atoms with Gasteiger partial charge in [0.15, 0.2) is 0 Å². The van der Waals surface area contributed by atoms with Crippen molar-refractivity contribution in [1.82, 2.24) is 0 Å². The van der Waals surface area contributed by atoms with Crippen LogP contribution in [0.3, 0.4) is 0 Å². The van der Waals surface area contributed by atoms with Crippen molar-refractivity contribution in [3.05, 3.63) is 30.3 Å². The van der Waals surface area contributed by atoms with Crippen molar-refractivity contribution in [2.75, 3.05) is 7.11 Å². The second kappa shape index (κ2) is 4.49. The maximum Gasteiger partial charge on any atom is 1.00 e. The number of para-hydroxylation sites is 1. The molecule has 0 radical (unpaired) electrons. The van der Waals surface area contributed by atoms with E-state index in [-0.39, 0.29) is 20.3 Å². The van der Waals surface area contributed by atoms with E-state index in [1.807, 2.05) is 30.3 Å². The van der Waals surface area contributed by atoms with Gasteiger partial charge in [-0.1, -0.05) is 18.2 Å². The molecule has 1 rings (SSSR count). The molecule has 1 aromatic carbocycles. The van der Waals surface area contributed by atoms with Gasteiger partial charge in [0, 0.05) is 0 Å². The first-order chi connectivity index (χ1) is 3.93. The van der Waals surface area contributed by atoms with Gasteiger partial charge in [-0.05, 0) is 12.1 Å². The fourth-order valence-corrected chi connectivity index (χ4v) is 0.557. The zero-order valence-corrected chi connectivity index (χ0v) is 5.79. The first-order valence-electron chi connectivity index (χ1n) is 2.52. The van der Waals surface area contributed by atoms with Gasteiger partial charge in [0.05, 0.1) is 7.11 Å². The molecule has 1 nitrogen and oxygen atoms in total. The summed E-state index contributed by atoms with van der Waals surface area (Å²) in [7, 11) is 1.66. The summed E-state index contributed by atoms with van der Waals surface area (Å²) >= 11 is 0. The molecular formula is C7H9LiO. The molecule has 0 fully saturated rings. The second-order valence-corrected chi connectivity index (χ2v) is 1.52.